The molecule has 1 amide bonds. The van der Waals surface area contributed by atoms with E-state index < -0.39 is 0 Å². The Kier molecular flexibility index (Phi) is 3.42. The van der Waals surface area contributed by atoms with Crippen molar-refractivity contribution in [1.82, 2.24) is 4.90 Å². The van der Waals surface area contributed by atoms with Gasteiger partial charge in [0.05, 0.1) is 18.8 Å². The van der Waals surface area contributed by atoms with Crippen molar-refractivity contribution in [3.8, 4) is 0 Å². The standard InChI is InChI=1S/C15H20N2O2/c1-12-6-7-17(12)15(18)13-4-2-3-5-14(13)16-8-10-19-11-9-16/h2-5,12H,6-11H2,1H3. The number of hydrogen-bond acceptors (Lipinski definition) is 3. The van der Waals surface area contributed by atoms with Crippen molar-refractivity contribution in [2.24, 2.45) is 0 Å². The normalized spacial score (nSPS) is 23.1. The Bertz CT molecular complexity index is 469. The molecule has 2 fully saturated rings. The van der Waals surface area contributed by atoms with E-state index in [-0.39, 0.29) is 5.91 Å². The molecule has 1 aromatic rings. The van der Waals surface area contributed by atoms with Crippen molar-refractivity contribution in [3.05, 3.63) is 29.8 Å². The number of likely N-dealkylation sites (tertiary alicyclic amines) is 1. The van der Waals surface area contributed by atoms with E-state index in [2.05, 4.69) is 11.8 Å². The van der Waals surface area contributed by atoms with E-state index in [0.717, 1.165) is 50.5 Å². The zero-order valence-corrected chi connectivity index (χ0v) is 11.3. The van der Waals surface area contributed by atoms with Crippen LogP contribution in [-0.4, -0.2) is 49.7 Å². The van der Waals surface area contributed by atoms with Crippen LogP contribution in [-0.2, 0) is 4.74 Å². The highest BCUT2D eigenvalue weighted by Crippen LogP contribution is 2.26. The second-order valence-electron chi connectivity index (χ2n) is 5.25. The second kappa shape index (κ2) is 5.21. The number of hydrogen-bond donors (Lipinski definition) is 0. The van der Waals surface area contributed by atoms with E-state index >= 15 is 0 Å². The van der Waals surface area contributed by atoms with Gasteiger partial charge in [-0.1, -0.05) is 12.1 Å². The van der Waals surface area contributed by atoms with Crippen molar-refractivity contribution in [2.75, 3.05) is 37.7 Å². The third-order valence-electron chi connectivity index (χ3n) is 4.07. The molecule has 19 heavy (non-hydrogen) atoms. The molecular formula is C15H20N2O2. The van der Waals surface area contributed by atoms with Crippen LogP contribution in [0.5, 0.6) is 0 Å². The molecule has 0 aliphatic carbocycles. The maximum absolute atomic E-state index is 12.6. The highest BCUT2D eigenvalue weighted by atomic mass is 16.5. The molecule has 4 heteroatoms. The molecule has 1 aromatic carbocycles. The Morgan fingerprint density at radius 2 is 1.95 bits per heavy atom. The van der Waals surface area contributed by atoms with Gasteiger partial charge >= 0.3 is 0 Å². The Balaban J connectivity index is 1.86. The predicted octanol–water partition coefficient (Wildman–Crippen LogP) is 1.76. The SMILES string of the molecule is CC1CCN1C(=O)c1ccccc1N1CCOCC1. The average molecular weight is 260 g/mol. The molecule has 2 heterocycles. The van der Waals surface area contributed by atoms with E-state index in [0.29, 0.717) is 6.04 Å². The van der Waals surface area contributed by atoms with E-state index in [1.54, 1.807) is 0 Å². The van der Waals surface area contributed by atoms with Crippen LogP contribution in [0.2, 0.25) is 0 Å². The number of para-hydroxylation sites is 1. The van der Waals surface area contributed by atoms with Gasteiger partial charge in [0, 0.05) is 31.4 Å². The Hall–Kier alpha value is -1.55. The first-order valence-electron chi connectivity index (χ1n) is 7.00. The summed E-state index contributed by atoms with van der Waals surface area (Å²) < 4.78 is 5.38. The topological polar surface area (TPSA) is 32.8 Å². The van der Waals surface area contributed by atoms with Crippen molar-refractivity contribution in [2.45, 2.75) is 19.4 Å². The highest BCUT2D eigenvalue weighted by Gasteiger charge is 2.31. The van der Waals surface area contributed by atoms with E-state index in [9.17, 15) is 4.79 Å². The lowest BCUT2D eigenvalue weighted by Gasteiger charge is -2.40. The van der Waals surface area contributed by atoms with Gasteiger partial charge in [-0.05, 0) is 25.5 Å². The zero-order valence-electron chi connectivity index (χ0n) is 11.3. The summed E-state index contributed by atoms with van der Waals surface area (Å²) in [5.41, 5.74) is 1.88. The number of ether oxygens (including phenoxy) is 1. The largest absolute Gasteiger partial charge is 0.378 e. The van der Waals surface area contributed by atoms with E-state index in [4.69, 9.17) is 4.74 Å². The molecule has 4 nitrogen and oxygen atoms in total. The minimum atomic E-state index is 0.167. The number of carbonyl (C=O) groups excluding carboxylic acids is 1. The summed E-state index contributed by atoms with van der Waals surface area (Å²) in [6.07, 6.45) is 1.12. The first-order valence-corrected chi connectivity index (χ1v) is 7.00. The summed E-state index contributed by atoms with van der Waals surface area (Å²) in [4.78, 5) is 16.8. The molecule has 0 aromatic heterocycles. The smallest absolute Gasteiger partial charge is 0.256 e. The fraction of sp³-hybridized carbons (Fsp3) is 0.533. The average Bonchev–Trinajstić information content (AvgIpc) is 2.46. The first kappa shape index (κ1) is 12.5. The quantitative estimate of drug-likeness (QED) is 0.812. The molecule has 102 valence electrons. The van der Waals surface area contributed by atoms with Gasteiger partial charge in [0.1, 0.15) is 0 Å². The van der Waals surface area contributed by atoms with Gasteiger partial charge in [0.25, 0.3) is 5.91 Å². The lowest BCUT2D eigenvalue weighted by Crippen LogP contribution is -2.49. The summed E-state index contributed by atoms with van der Waals surface area (Å²) in [5, 5.41) is 0. The predicted molar refractivity (Wildman–Crippen MR) is 74.6 cm³/mol. The third-order valence-corrected chi connectivity index (χ3v) is 4.07. The summed E-state index contributed by atoms with van der Waals surface area (Å²) in [7, 11) is 0. The zero-order chi connectivity index (χ0) is 13.2. The van der Waals surface area contributed by atoms with Crippen LogP contribution in [0, 0.1) is 0 Å². The van der Waals surface area contributed by atoms with Crippen LogP contribution in [0.3, 0.4) is 0 Å². The maximum Gasteiger partial charge on any atom is 0.256 e. The summed E-state index contributed by atoms with van der Waals surface area (Å²) in [6.45, 7) is 6.20. The molecule has 3 rings (SSSR count). The number of nitrogens with zero attached hydrogens (tertiary/aromatic N) is 2. The van der Waals surface area contributed by atoms with Gasteiger partial charge in [-0.3, -0.25) is 4.79 Å². The maximum atomic E-state index is 12.6. The molecule has 2 aliphatic heterocycles. The number of morpholine rings is 1. The van der Waals surface area contributed by atoms with Gasteiger partial charge in [-0.15, -0.1) is 0 Å². The van der Waals surface area contributed by atoms with Crippen LogP contribution in [0.1, 0.15) is 23.7 Å². The summed E-state index contributed by atoms with van der Waals surface area (Å²) >= 11 is 0. The van der Waals surface area contributed by atoms with Crippen molar-refractivity contribution in [1.29, 1.82) is 0 Å². The van der Waals surface area contributed by atoms with E-state index in [1.807, 2.05) is 29.2 Å². The molecule has 0 N–H and O–H groups in total. The van der Waals surface area contributed by atoms with Gasteiger partial charge in [-0.2, -0.15) is 0 Å². The van der Waals surface area contributed by atoms with Gasteiger partial charge < -0.3 is 14.5 Å². The van der Waals surface area contributed by atoms with Crippen LogP contribution < -0.4 is 4.90 Å². The van der Waals surface area contributed by atoms with Crippen molar-refractivity contribution < 1.29 is 9.53 Å². The highest BCUT2D eigenvalue weighted by molar-refractivity contribution is 6.00. The minimum Gasteiger partial charge on any atom is -0.378 e. The molecule has 0 saturated carbocycles. The number of rotatable bonds is 2. The summed E-state index contributed by atoms with van der Waals surface area (Å²) in [6, 6.07) is 8.31. The first-order chi connectivity index (χ1) is 9.27. The molecule has 1 unspecified atom stereocenters. The van der Waals surface area contributed by atoms with Crippen LogP contribution >= 0.6 is 0 Å². The molecule has 1 atom stereocenters. The minimum absolute atomic E-state index is 0.167. The van der Waals surface area contributed by atoms with Crippen molar-refractivity contribution >= 4 is 11.6 Å². The molecular weight excluding hydrogens is 240 g/mol. The Morgan fingerprint density at radius 1 is 1.21 bits per heavy atom. The molecule has 2 saturated heterocycles. The molecule has 0 spiro atoms. The fourth-order valence-corrected chi connectivity index (χ4v) is 2.71. The third kappa shape index (κ3) is 2.32. The summed E-state index contributed by atoms with van der Waals surface area (Å²) in [5.74, 6) is 0.167. The van der Waals surface area contributed by atoms with Gasteiger partial charge in [0.2, 0.25) is 0 Å². The molecule has 0 radical (unpaired) electrons. The van der Waals surface area contributed by atoms with Crippen LogP contribution in [0.15, 0.2) is 24.3 Å². The number of benzene rings is 1. The van der Waals surface area contributed by atoms with Crippen LogP contribution in [0.4, 0.5) is 5.69 Å². The molecule has 2 aliphatic rings. The monoisotopic (exact) mass is 260 g/mol. The van der Waals surface area contributed by atoms with Crippen molar-refractivity contribution in [3.63, 3.8) is 0 Å². The number of anilines is 1. The lowest BCUT2D eigenvalue weighted by atomic mass is 10.0. The lowest BCUT2D eigenvalue weighted by molar-refractivity contribution is 0.0502. The second-order valence-corrected chi connectivity index (χ2v) is 5.25. The van der Waals surface area contributed by atoms with Crippen LogP contribution in [0.25, 0.3) is 0 Å². The number of carbonyl (C=O) groups is 1. The van der Waals surface area contributed by atoms with E-state index in [1.165, 1.54) is 0 Å². The fourth-order valence-electron chi connectivity index (χ4n) is 2.71. The van der Waals surface area contributed by atoms with Gasteiger partial charge in [-0.25, -0.2) is 0 Å². The Morgan fingerprint density at radius 3 is 2.58 bits per heavy atom. The molecule has 0 bridgehead atoms. The number of amides is 1. The van der Waals surface area contributed by atoms with Gasteiger partial charge in [0.15, 0.2) is 0 Å². The Labute approximate surface area is 113 Å².